The molecule has 1 aliphatic heterocycles. The molecule has 31 heavy (non-hydrogen) atoms. The highest BCUT2D eigenvalue weighted by Gasteiger charge is 2.27. The van der Waals surface area contributed by atoms with Gasteiger partial charge in [0.25, 0.3) is 5.97 Å². The number of pyridine rings is 1. The van der Waals surface area contributed by atoms with Crippen molar-refractivity contribution in [2.75, 3.05) is 25.5 Å². The number of fused-ring (bicyclic) bond motifs is 1. The zero-order valence-corrected chi connectivity index (χ0v) is 17.2. The normalized spacial score (nSPS) is 15.2. The molecule has 3 aromatic rings. The number of nitrogens with zero attached hydrogens (tertiary/aromatic N) is 6. The van der Waals surface area contributed by atoms with Gasteiger partial charge in [0, 0.05) is 38.2 Å². The van der Waals surface area contributed by atoms with Crippen LogP contribution in [-0.4, -0.2) is 66.9 Å². The average molecular weight is 425 g/mol. The molecule has 0 spiro atoms. The summed E-state index contributed by atoms with van der Waals surface area (Å²) in [6, 6.07) is 5.55. The van der Waals surface area contributed by atoms with Gasteiger partial charge in [-0.1, -0.05) is 6.58 Å². The lowest BCUT2D eigenvalue weighted by Gasteiger charge is -2.16. The molecule has 0 aromatic carbocycles. The molecule has 0 radical (unpaired) electrons. The molecule has 1 saturated heterocycles. The fraction of sp³-hybridized carbons (Fsp3) is 0.300. The maximum absolute atomic E-state index is 11.9. The topological polar surface area (TPSA) is 135 Å². The quantitative estimate of drug-likeness (QED) is 0.587. The smallest absolute Gasteiger partial charge is 0.300 e. The number of aliphatic carboxylic acids is 1. The van der Waals surface area contributed by atoms with E-state index in [-0.39, 0.29) is 11.8 Å². The molecule has 4 heterocycles. The minimum Gasteiger partial charge on any atom is -0.481 e. The van der Waals surface area contributed by atoms with E-state index in [4.69, 9.17) is 14.6 Å². The van der Waals surface area contributed by atoms with Gasteiger partial charge in [-0.3, -0.25) is 9.59 Å². The van der Waals surface area contributed by atoms with Crippen molar-refractivity contribution in [3.63, 3.8) is 0 Å². The number of likely N-dealkylation sites (tertiary alicyclic amines) is 1. The van der Waals surface area contributed by atoms with Crippen LogP contribution in [0.2, 0.25) is 0 Å². The lowest BCUT2D eigenvalue weighted by molar-refractivity contribution is -0.134. The second-order valence-corrected chi connectivity index (χ2v) is 6.79. The first kappa shape index (κ1) is 21.7. The zero-order chi connectivity index (χ0) is 22.4. The van der Waals surface area contributed by atoms with Gasteiger partial charge in [-0.25, -0.2) is 9.50 Å². The van der Waals surface area contributed by atoms with E-state index >= 15 is 0 Å². The number of nitrogens with one attached hydrogen (secondary N) is 1. The summed E-state index contributed by atoms with van der Waals surface area (Å²) >= 11 is 0. The van der Waals surface area contributed by atoms with Crippen LogP contribution in [0.3, 0.4) is 0 Å². The molecule has 0 saturated carbocycles. The van der Waals surface area contributed by atoms with Crippen molar-refractivity contribution in [1.82, 2.24) is 29.7 Å². The van der Waals surface area contributed by atoms with E-state index in [1.54, 1.807) is 23.8 Å². The van der Waals surface area contributed by atoms with Crippen LogP contribution >= 0.6 is 0 Å². The first-order valence-corrected chi connectivity index (χ1v) is 9.50. The zero-order valence-electron chi connectivity index (χ0n) is 17.2. The number of ether oxygens (including phenoxy) is 1. The summed E-state index contributed by atoms with van der Waals surface area (Å²) in [4.78, 5) is 27.0. The van der Waals surface area contributed by atoms with Crippen LogP contribution in [0, 0.1) is 0 Å². The summed E-state index contributed by atoms with van der Waals surface area (Å²) in [6.07, 6.45) is 5.71. The van der Waals surface area contributed by atoms with Crippen LogP contribution in [0.5, 0.6) is 5.88 Å². The number of anilines is 2. The summed E-state index contributed by atoms with van der Waals surface area (Å²) in [5.41, 5.74) is 2.54. The number of methoxy groups -OCH3 is 1. The van der Waals surface area contributed by atoms with Gasteiger partial charge in [0.2, 0.25) is 11.8 Å². The van der Waals surface area contributed by atoms with E-state index in [0.29, 0.717) is 23.9 Å². The molecular formula is C20H23N7O4. The Hall–Kier alpha value is -4.02. The molecule has 0 bridgehead atoms. The molecule has 3 aromatic heterocycles. The minimum absolute atomic E-state index is 0.0359. The second kappa shape index (κ2) is 9.65. The monoisotopic (exact) mass is 425 g/mol. The Morgan fingerprint density at radius 2 is 2.13 bits per heavy atom. The number of rotatable bonds is 5. The van der Waals surface area contributed by atoms with Crippen LogP contribution in [0.15, 0.2) is 43.4 Å². The Balaban J connectivity index is 0.000000628. The average Bonchev–Trinajstić information content (AvgIpc) is 3.43. The van der Waals surface area contributed by atoms with Gasteiger partial charge in [-0.05, 0) is 30.2 Å². The van der Waals surface area contributed by atoms with Crippen molar-refractivity contribution in [1.29, 1.82) is 0 Å². The van der Waals surface area contributed by atoms with E-state index in [2.05, 4.69) is 32.2 Å². The first-order chi connectivity index (χ1) is 14.9. The first-order valence-electron chi connectivity index (χ1n) is 9.50. The second-order valence-electron chi connectivity index (χ2n) is 6.79. The van der Waals surface area contributed by atoms with Crippen molar-refractivity contribution in [2.24, 2.45) is 0 Å². The molecule has 1 fully saturated rings. The predicted molar refractivity (Wildman–Crippen MR) is 112 cm³/mol. The standard InChI is InChI=1S/C18H19N7O2.C2H4O2/c1-3-17(26)24-7-6-12(9-24)13-8-14(18-19-11-20-25(18)10-13)21-15-4-5-16(27-2)23-22-15;1-2(3)4/h3-5,8,10-12H,1,6-7,9H2,2H3,(H,21,22);1H3,(H,3,4). The largest absolute Gasteiger partial charge is 0.481 e. The molecular weight excluding hydrogens is 402 g/mol. The molecule has 1 amide bonds. The maximum Gasteiger partial charge on any atom is 0.300 e. The molecule has 2 N–H and O–H groups in total. The molecule has 4 rings (SSSR count). The van der Waals surface area contributed by atoms with Gasteiger partial charge in [-0.15, -0.1) is 10.2 Å². The highest BCUT2D eigenvalue weighted by molar-refractivity contribution is 5.87. The summed E-state index contributed by atoms with van der Waals surface area (Å²) in [5.74, 6) is 0.379. The molecule has 1 unspecified atom stereocenters. The van der Waals surface area contributed by atoms with Crippen molar-refractivity contribution < 1.29 is 19.4 Å². The van der Waals surface area contributed by atoms with Gasteiger partial charge < -0.3 is 20.1 Å². The van der Waals surface area contributed by atoms with Crippen LogP contribution in [-0.2, 0) is 9.59 Å². The highest BCUT2D eigenvalue weighted by Crippen LogP contribution is 2.31. The SMILES string of the molecule is C=CC(=O)N1CCC(c2cc(Nc3ccc(OC)nn3)c3ncnn3c2)C1.CC(=O)O. The third-order valence-electron chi connectivity index (χ3n) is 4.65. The molecule has 11 heteroatoms. The number of carboxylic acid groups (broad SMARTS) is 1. The fourth-order valence-electron chi connectivity index (χ4n) is 3.26. The number of amides is 1. The third-order valence-corrected chi connectivity index (χ3v) is 4.65. The van der Waals surface area contributed by atoms with Gasteiger partial charge in [-0.2, -0.15) is 5.10 Å². The van der Waals surface area contributed by atoms with E-state index in [1.165, 1.54) is 12.4 Å². The number of aromatic nitrogens is 5. The number of carbonyl (C=O) groups is 2. The van der Waals surface area contributed by atoms with Gasteiger partial charge in [0.15, 0.2) is 11.5 Å². The van der Waals surface area contributed by atoms with Crippen LogP contribution in [0.1, 0.15) is 24.8 Å². The van der Waals surface area contributed by atoms with Crippen molar-refractivity contribution in [2.45, 2.75) is 19.3 Å². The van der Waals surface area contributed by atoms with Gasteiger partial charge >= 0.3 is 0 Å². The molecule has 1 atom stereocenters. The molecule has 11 nitrogen and oxygen atoms in total. The summed E-state index contributed by atoms with van der Waals surface area (Å²) in [7, 11) is 1.54. The van der Waals surface area contributed by atoms with E-state index in [1.807, 2.05) is 17.2 Å². The molecule has 162 valence electrons. The fourth-order valence-corrected chi connectivity index (χ4v) is 3.26. The predicted octanol–water partition coefficient (Wildman–Crippen LogP) is 1.86. The minimum atomic E-state index is -0.833. The Bertz CT molecular complexity index is 1080. The Morgan fingerprint density at radius 1 is 1.35 bits per heavy atom. The van der Waals surface area contributed by atoms with Gasteiger partial charge in [0.05, 0.1) is 12.8 Å². The number of hydrogen-bond donors (Lipinski definition) is 2. The lowest BCUT2D eigenvalue weighted by Crippen LogP contribution is -2.26. The van der Waals surface area contributed by atoms with Gasteiger partial charge in [0.1, 0.15) is 6.33 Å². The lowest BCUT2D eigenvalue weighted by atomic mass is 10.00. The summed E-state index contributed by atoms with van der Waals surface area (Å²) < 4.78 is 6.76. The number of carboxylic acids is 1. The number of hydrogen-bond acceptors (Lipinski definition) is 8. The molecule has 1 aliphatic rings. The van der Waals surface area contributed by atoms with Crippen molar-refractivity contribution in [3.8, 4) is 5.88 Å². The van der Waals surface area contributed by atoms with Crippen molar-refractivity contribution in [3.05, 3.63) is 48.9 Å². The highest BCUT2D eigenvalue weighted by atomic mass is 16.5. The number of carbonyl (C=O) groups excluding carboxylic acids is 1. The van der Waals surface area contributed by atoms with E-state index < -0.39 is 5.97 Å². The van der Waals surface area contributed by atoms with Crippen LogP contribution < -0.4 is 10.1 Å². The molecule has 0 aliphatic carbocycles. The third kappa shape index (κ3) is 5.32. The summed E-state index contributed by atoms with van der Waals surface area (Å²) in [5, 5.41) is 23.0. The Morgan fingerprint density at radius 3 is 2.77 bits per heavy atom. The van der Waals surface area contributed by atoms with E-state index in [0.717, 1.165) is 31.1 Å². The summed E-state index contributed by atoms with van der Waals surface area (Å²) in [6.45, 7) is 6.03. The Labute approximate surface area is 178 Å². The van der Waals surface area contributed by atoms with Crippen LogP contribution in [0.25, 0.3) is 5.65 Å². The van der Waals surface area contributed by atoms with Crippen molar-refractivity contribution >= 4 is 29.0 Å². The maximum atomic E-state index is 11.9. The Kier molecular flexibility index (Phi) is 6.75. The van der Waals surface area contributed by atoms with E-state index in [9.17, 15) is 4.79 Å². The van der Waals surface area contributed by atoms with Crippen LogP contribution in [0.4, 0.5) is 11.5 Å².